The van der Waals surface area contributed by atoms with Gasteiger partial charge in [-0.05, 0) is 31.0 Å². The van der Waals surface area contributed by atoms with Crippen molar-refractivity contribution in [1.82, 2.24) is 15.3 Å². The third-order valence-corrected chi connectivity index (χ3v) is 4.87. The predicted molar refractivity (Wildman–Crippen MR) is 111 cm³/mol. The molecule has 4 rings (SSSR count). The van der Waals surface area contributed by atoms with Gasteiger partial charge in [0.2, 0.25) is 5.95 Å². The highest BCUT2D eigenvalue weighted by molar-refractivity contribution is 5.92. The Hall–Kier alpha value is -3.06. The van der Waals surface area contributed by atoms with Gasteiger partial charge in [0.1, 0.15) is 12.4 Å². The molecule has 0 unspecified atom stereocenters. The van der Waals surface area contributed by atoms with Gasteiger partial charge in [0, 0.05) is 24.0 Å². The largest absolute Gasteiger partial charge is 0.493 e. The third kappa shape index (κ3) is 4.09. The lowest BCUT2D eigenvalue weighted by Gasteiger charge is -2.25. The fraction of sp³-hybridized carbons (Fsp3) is 0.333. The Labute approximate surface area is 164 Å². The molecule has 7 heteroatoms. The number of ether oxygens (including phenoxy) is 2. The molecule has 0 spiro atoms. The summed E-state index contributed by atoms with van der Waals surface area (Å²) in [5.74, 6) is 2.23. The zero-order valence-electron chi connectivity index (χ0n) is 15.9. The SMILES string of the molecule is COc1cc2c(N[C@@H]3CCCNC3)nc(N)nc2cc1OCc1ccccc1. The van der Waals surface area contributed by atoms with Crippen molar-refractivity contribution in [2.45, 2.75) is 25.5 Å². The molecule has 146 valence electrons. The Morgan fingerprint density at radius 2 is 2.04 bits per heavy atom. The minimum absolute atomic E-state index is 0.234. The smallest absolute Gasteiger partial charge is 0.222 e. The van der Waals surface area contributed by atoms with Crippen LogP contribution in [0.2, 0.25) is 0 Å². The molecular formula is C21H25N5O2. The van der Waals surface area contributed by atoms with Crippen LogP contribution >= 0.6 is 0 Å². The van der Waals surface area contributed by atoms with E-state index in [2.05, 4.69) is 20.6 Å². The Bertz CT molecular complexity index is 942. The molecule has 0 bridgehead atoms. The van der Waals surface area contributed by atoms with Crippen molar-refractivity contribution in [3.63, 3.8) is 0 Å². The van der Waals surface area contributed by atoms with Gasteiger partial charge in [-0.3, -0.25) is 0 Å². The Morgan fingerprint density at radius 3 is 2.79 bits per heavy atom. The van der Waals surface area contributed by atoms with Crippen LogP contribution in [0, 0.1) is 0 Å². The van der Waals surface area contributed by atoms with Crippen molar-refractivity contribution in [2.75, 3.05) is 31.2 Å². The first-order chi connectivity index (χ1) is 13.7. The number of nitrogen functional groups attached to an aromatic ring is 1. The fourth-order valence-electron chi connectivity index (χ4n) is 3.44. The summed E-state index contributed by atoms with van der Waals surface area (Å²) in [4.78, 5) is 8.82. The average molecular weight is 379 g/mol. The number of methoxy groups -OCH3 is 1. The van der Waals surface area contributed by atoms with Gasteiger partial charge < -0.3 is 25.8 Å². The first kappa shape index (κ1) is 18.3. The van der Waals surface area contributed by atoms with Gasteiger partial charge in [-0.15, -0.1) is 0 Å². The van der Waals surface area contributed by atoms with E-state index >= 15 is 0 Å². The molecule has 0 amide bonds. The molecule has 1 saturated heterocycles. The second-order valence-corrected chi connectivity index (χ2v) is 6.91. The maximum absolute atomic E-state index is 6.00. The van der Waals surface area contributed by atoms with Crippen LogP contribution < -0.4 is 25.8 Å². The predicted octanol–water partition coefficient (Wildman–Crippen LogP) is 2.96. The maximum atomic E-state index is 6.00. The minimum Gasteiger partial charge on any atom is -0.493 e. The molecule has 1 aliphatic rings. The third-order valence-electron chi connectivity index (χ3n) is 4.87. The van der Waals surface area contributed by atoms with Crippen LogP contribution in [0.5, 0.6) is 11.5 Å². The van der Waals surface area contributed by atoms with Crippen LogP contribution in [0.25, 0.3) is 10.9 Å². The lowest BCUT2D eigenvalue weighted by molar-refractivity contribution is 0.285. The topological polar surface area (TPSA) is 94.3 Å². The van der Waals surface area contributed by atoms with E-state index in [1.807, 2.05) is 42.5 Å². The highest BCUT2D eigenvalue weighted by Crippen LogP contribution is 2.35. The molecule has 7 nitrogen and oxygen atoms in total. The normalized spacial score (nSPS) is 16.7. The van der Waals surface area contributed by atoms with Crippen molar-refractivity contribution >= 4 is 22.7 Å². The van der Waals surface area contributed by atoms with Crippen molar-refractivity contribution in [1.29, 1.82) is 0 Å². The first-order valence-corrected chi connectivity index (χ1v) is 9.52. The van der Waals surface area contributed by atoms with E-state index in [-0.39, 0.29) is 5.95 Å². The number of nitrogens with zero attached hydrogens (tertiary/aromatic N) is 2. The van der Waals surface area contributed by atoms with Gasteiger partial charge in [0.05, 0.1) is 12.6 Å². The number of hydrogen-bond donors (Lipinski definition) is 3. The summed E-state index contributed by atoms with van der Waals surface area (Å²) in [5.41, 5.74) is 7.77. The monoisotopic (exact) mass is 379 g/mol. The van der Waals surface area contributed by atoms with Crippen LogP contribution in [0.1, 0.15) is 18.4 Å². The first-order valence-electron chi connectivity index (χ1n) is 9.52. The van der Waals surface area contributed by atoms with Crippen molar-refractivity contribution in [3.05, 3.63) is 48.0 Å². The summed E-state index contributed by atoms with van der Waals surface area (Å²) in [6.07, 6.45) is 2.23. The molecule has 2 heterocycles. The molecule has 28 heavy (non-hydrogen) atoms. The summed E-state index contributed by atoms with van der Waals surface area (Å²) < 4.78 is 11.6. The average Bonchev–Trinajstić information content (AvgIpc) is 2.73. The van der Waals surface area contributed by atoms with Gasteiger partial charge in [-0.2, -0.15) is 4.98 Å². The van der Waals surface area contributed by atoms with Crippen molar-refractivity contribution in [3.8, 4) is 11.5 Å². The van der Waals surface area contributed by atoms with Crippen molar-refractivity contribution in [2.24, 2.45) is 0 Å². The lowest BCUT2D eigenvalue weighted by Crippen LogP contribution is -2.38. The number of rotatable bonds is 6. The number of benzene rings is 2. The molecule has 1 fully saturated rings. The molecule has 1 aliphatic heterocycles. The summed E-state index contributed by atoms with van der Waals surface area (Å²) in [6, 6.07) is 14.1. The lowest BCUT2D eigenvalue weighted by atomic mass is 10.1. The van der Waals surface area contributed by atoms with E-state index < -0.39 is 0 Å². The molecular weight excluding hydrogens is 354 g/mol. The van der Waals surface area contributed by atoms with Gasteiger partial charge in [-0.25, -0.2) is 4.98 Å². The number of nitrogens with two attached hydrogens (primary N) is 1. The zero-order valence-corrected chi connectivity index (χ0v) is 15.9. The summed E-state index contributed by atoms with van der Waals surface area (Å²) in [5, 5.41) is 7.77. The quantitative estimate of drug-likeness (QED) is 0.606. The standard InChI is InChI=1S/C21H25N5O2/c1-27-18-10-16-17(11-19(18)28-13-14-6-3-2-4-7-14)25-21(22)26-20(16)24-15-8-5-9-23-12-15/h2-4,6-7,10-11,15,23H,5,8-9,12-13H2,1H3,(H3,22,24,25,26)/t15-/m1/s1. The fourth-order valence-corrected chi connectivity index (χ4v) is 3.44. The van der Waals surface area contributed by atoms with Gasteiger partial charge in [-0.1, -0.05) is 30.3 Å². The Balaban J connectivity index is 1.64. The molecule has 1 atom stereocenters. The zero-order chi connectivity index (χ0) is 19.3. The molecule has 0 saturated carbocycles. The number of fused-ring (bicyclic) bond motifs is 1. The number of nitrogens with one attached hydrogen (secondary N) is 2. The van der Waals surface area contributed by atoms with E-state index in [1.165, 1.54) is 0 Å². The number of anilines is 2. The number of piperidine rings is 1. The summed E-state index contributed by atoms with van der Waals surface area (Å²) in [7, 11) is 1.63. The Morgan fingerprint density at radius 1 is 1.18 bits per heavy atom. The van der Waals surface area contributed by atoms with Gasteiger partial charge >= 0.3 is 0 Å². The molecule has 2 aromatic carbocycles. The molecule has 0 aliphatic carbocycles. The van der Waals surface area contributed by atoms with Gasteiger partial charge in [0.25, 0.3) is 0 Å². The van der Waals surface area contributed by atoms with Crippen LogP contribution in [-0.2, 0) is 6.61 Å². The van der Waals surface area contributed by atoms with E-state index in [4.69, 9.17) is 15.2 Å². The summed E-state index contributed by atoms with van der Waals surface area (Å²) in [6.45, 7) is 2.41. The molecule has 1 aromatic heterocycles. The summed E-state index contributed by atoms with van der Waals surface area (Å²) >= 11 is 0. The second kappa shape index (κ2) is 8.31. The molecule has 3 aromatic rings. The molecule has 4 N–H and O–H groups in total. The van der Waals surface area contributed by atoms with E-state index in [0.717, 1.165) is 48.2 Å². The van der Waals surface area contributed by atoms with Crippen molar-refractivity contribution < 1.29 is 9.47 Å². The van der Waals surface area contributed by atoms with Crippen LogP contribution in [-0.4, -0.2) is 36.2 Å². The Kier molecular flexibility index (Phi) is 5.43. The van der Waals surface area contributed by atoms with E-state index in [9.17, 15) is 0 Å². The van der Waals surface area contributed by atoms with Crippen LogP contribution in [0.15, 0.2) is 42.5 Å². The maximum Gasteiger partial charge on any atom is 0.222 e. The minimum atomic E-state index is 0.234. The highest BCUT2D eigenvalue weighted by Gasteiger charge is 2.17. The van der Waals surface area contributed by atoms with Gasteiger partial charge in [0.15, 0.2) is 11.5 Å². The van der Waals surface area contributed by atoms with Crippen LogP contribution in [0.3, 0.4) is 0 Å². The second-order valence-electron chi connectivity index (χ2n) is 6.91. The number of aromatic nitrogens is 2. The highest BCUT2D eigenvalue weighted by atomic mass is 16.5. The molecule has 0 radical (unpaired) electrons. The van der Waals surface area contributed by atoms with Crippen LogP contribution in [0.4, 0.5) is 11.8 Å². The number of hydrogen-bond acceptors (Lipinski definition) is 7. The van der Waals surface area contributed by atoms with E-state index in [1.54, 1.807) is 7.11 Å². The van der Waals surface area contributed by atoms with E-state index in [0.29, 0.717) is 24.1 Å².